The third kappa shape index (κ3) is 3.08. The SMILES string of the molecule is Cc1csc(-c2[nH]c3ccc(C45CC6CC(CC(C6)C4)C5)cc3c2CCCCN)c1. The highest BCUT2D eigenvalue weighted by Gasteiger charge is 2.51. The predicted molar refractivity (Wildman–Crippen MR) is 128 cm³/mol. The summed E-state index contributed by atoms with van der Waals surface area (Å²) in [5, 5.41) is 3.74. The molecule has 0 radical (unpaired) electrons. The molecule has 3 heteroatoms. The molecule has 2 aromatic heterocycles. The molecule has 30 heavy (non-hydrogen) atoms. The van der Waals surface area contributed by atoms with Crippen LogP contribution in [-0.4, -0.2) is 11.5 Å². The van der Waals surface area contributed by atoms with E-state index in [9.17, 15) is 0 Å². The second kappa shape index (κ2) is 7.24. The average molecular weight is 419 g/mol. The van der Waals surface area contributed by atoms with Gasteiger partial charge < -0.3 is 10.7 Å². The monoisotopic (exact) mass is 418 g/mol. The van der Waals surface area contributed by atoms with Crippen LogP contribution in [0.2, 0.25) is 0 Å². The minimum absolute atomic E-state index is 0.467. The standard InChI is InChI=1S/C27H34N2S/c1-17-8-25(30-16-17)26-22(4-2-3-7-28)23-12-21(5-6-24(23)29-26)27-13-18-9-19(14-27)11-20(10-18)15-27/h5-6,8,12,16,18-20,29H,2-4,7,9-11,13-15,28H2,1H3. The number of H-pyrrole nitrogens is 1. The van der Waals surface area contributed by atoms with Crippen LogP contribution in [0.25, 0.3) is 21.5 Å². The van der Waals surface area contributed by atoms with Gasteiger partial charge in [0.2, 0.25) is 0 Å². The summed E-state index contributed by atoms with van der Waals surface area (Å²) in [6.45, 7) is 2.98. The van der Waals surface area contributed by atoms with Crippen LogP contribution < -0.4 is 5.73 Å². The molecule has 4 bridgehead atoms. The van der Waals surface area contributed by atoms with Crippen LogP contribution >= 0.6 is 11.3 Å². The lowest BCUT2D eigenvalue weighted by atomic mass is 9.48. The van der Waals surface area contributed by atoms with Crippen LogP contribution in [0.4, 0.5) is 0 Å². The smallest absolute Gasteiger partial charge is 0.0598 e. The van der Waals surface area contributed by atoms with Crippen LogP contribution in [-0.2, 0) is 11.8 Å². The quantitative estimate of drug-likeness (QED) is 0.418. The number of hydrogen-bond donors (Lipinski definition) is 2. The molecule has 4 aliphatic rings. The Kier molecular flexibility index (Phi) is 4.62. The van der Waals surface area contributed by atoms with Crippen molar-refractivity contribution >= 4 is 22.2 Å². The van der Waals surface area contributed by atoms with Crippen molar-refractivity contribution in [3.05, 3.63) is 46.3 Å². The second-order valence-corrected chi connectivity index (χ2v) is 11.6. The zero-order chi connectivity index (χ0) is 20.3. The molecule has 0 unspecified atom stereocenters. The van der Waals surface area contributed by atoms with Crippen molar-refractivity contribution < 1.29 is 0 Å². The highest BCUT2D eigenvalue weighted by atomic mass is 32.1. The highest BCUT2D eigenvalue weighted by Crippen LogP contribution is 2.61. The minimum Gasteiger partial charge on any atom is -0.354 e. The molecule has 2 nitrogen and oxygen atoms in total. The number of fused-ring (bicyclic) bond motifs is 1. The average Bonchev–Trinajstić information content (AvgIpc) is 3.30. The van der Waals surface area contributed by atoms with Crippen LogP contribution in [0, 0.1) is 24.7 Å². The summed E-state index contributed by atoms with van der Waals surface area (Å²) in [5.41, 5.74) is 13.5. The normalized spacial score (nSPS) is 29.9. The van der Waals surface area contributed by atoms with Gasteiger partial charge in [0.25, 0.3) is 0 Å². The van der Waals surface area contributed by atoms with E-state index in [0.717, 1.165) is 37.1 Å². The first-order valence-corrected chi connectivity index (χ1v) is 12.9. The van der Waals surface area contributed by atoms with E-state index in [2.05, 4.69) is 41.6 Å². The highest BCUT2D eigenvalue weighted by molar-refractivity contribution is 7.13. The molecule has 3 aromatic rings. The van der Waals surface area contributed by atoms with Crippen molar-refractivity contribution in [2.24, 2.45) is 23.5 Å². The summed E-state index contributed by atoms with van der Waals surface area (Å²) in [7, 11) is 0. The first-order chi connectivity index (χ1) is 14.6. The number of thiophene rings is 1. The lowest BCUT2D eigenvalue weighted by Crippen LogP contribution is -2.48. The number of nitrogens with one attached hydrogen (secondary N) is 1. The molecule has 4 aliphatic carbocycles. The fraction of sp³-hybridized carbons (Fsp3) is 0.556. The molecule has 7 rings (SSSR count). The number of nitrogens with two attached hydrogens (primary N) is 1. The summed E-state index contributed by atoms with van der Waals surface area (Å²) in [6.07, 6.45) is 12.2. The summed E-state index contributed by atoms with van der Waals surface area (Å²) in [5.74, 6) is 2.98. The van der Waals surface area contributed by atoms with E-state index in [1.807, 2.05) is 11.3 Å². The summed E-state index contributed by atoms with van der Waals surface area (Å²) < 4.78 is 0. The van der Waals surface area contributed by atoms with Crippen molar-refractivity contribution in [3.63, 3.8) is 0 Å². The Labute approximate surface area is 184 Å². The van der Waals surface area contributed by atoms with Crippen LogP contribution in [0.1, 0.15) is 68.1 Å². The van der Waals surface area contributed by atoms with Crippen molar-refractivity contribution in [1.82, 2.24) is 4.98 Å². The number of rotatable bonds is 6. The first-order valence-electron chi connectivity index (χ1n) is 12.0. The van der Waals surface area contributed by atoms with Crippen LogP contribution in [0.3, 0.4) is 0 Å². The van der Waals surface area contributed by atoms with Crippen LogP contribution in [0.15, 0.2) is 29.6 Å². The Morgan fingerprint density at radius 3 is 2.40 bits per heavy atom. The van der Waals surface area contributed by atoms with Gasteiger partial charge in [-0.3, -0.25) is 0 Å². The van der Waals surface area contributed by atoms with Crippen molar-refractivity contribution in [2.45, 2.75) is 70.1 Å². The zero-order valence-corrected chi connectivity index (χ0v) is 19.0. The Balaban J connectivity index is 1.44. The molecule has 0 aliphatic heterocycles. The maximum atomic E-state index is 5.82. The molecule has 158 valence electrons. The Morgan fingerprint density at radius 1 is 1.03 bits per heavy atom. The number of benzene rings is 1. The number of unbranched alkanes of at least 4 members (excludes halogenated alkanes) is 1. The number of aromatic nitrogens is 1. The topological polar surface area (TPSA) is 41.8 Å². The van der Waals surface area contributed by atoms with E-state index in [0.29, 0.717) is 5.41 Å². The Morgan fingerprint density at radius 2 is 1.77 bits per heavy atom. The molecule has 1 aromatic carbocycles. The van der Waals surface area contributed by atoms with Crippen molar-refractivity contribution in [3.8, 4) is 10.6 Å². The van der Waals surface area contributed by atoms with E-state index in [-0.39, 0.29) is 0 Å². The molecule has 0 atom stereocenters. The molecule has 3 N–H and O–H groups in total. The van der Waals surface area contributed by atoms with Gasteiger partial charge in [0, 0.05) is 10.9 Å². The largest absolute Gasteiger partial charge is 0.354 e. The Hall–Kier alpha value is -1.58. The van der Waals surface area contributed by atoms with Gasteiger partial charge in [-0.1, -0.05) is 6.07 Å². The molecule has 2 heterocycles. The van der Waals surface area contributed by atoms with Crippen molar-refractivity contribution in [1.29, 1.82) is 0 Å². The fourth-order valence-corrected chi connectivity index (χ4v) is 8.45. The summed E-state index contributed by atoms with van der Waals surface area (Å²) in [6, 6.07) is 9.79. The van der Waals surface area contributed by atoms with E-state index in [4.69, 9.17) is 5.73 Å². The third-order valence-corrected chi connectivity index (χ3v) is 9.48. The van der Waals surface area contributed by atoms with Crippen LogP contribution in [0.5, 0.6) is 0 Å². The minimum atomic E-state index is 0.467. The van der Waals surface area contributed by atoms with Gasteiger partial charge in [0.15, 0.2) is 0 Å². The lowest BCUT2D eigenvalue weighted by Gasteiger charge is -2.57. The fourth-order valence-electron chi connectivity index (χ4n) is 7.52. The molecule has 4 saturated carbocycles. The van der Waals surface area contributed by atoms with E-state index in [1.54, 1.807) is 5.56 Å². The second-order valence-electron chi connectivity index (χ2n) is 10.7. The van der Waals surface area contributed by atoms with Gasteiger partial charge in [-0.05, 0) is 135 Å². The van der Waals surface area contributed by atoms with Gasteiger partial charge in [-0.15, -0.1) is 11.3 Å². The van der Waals surface area contributed by atoms with Gasteiger partial charge in [-0.2, -0.15) is 0 Å². The maximum Gasteiger partial charge on any atom is 0.0598 e. The molecule has 0 saturated heterocycles. The first kappa shape index (κ1) is 19.1. The van der Waals surface area contributed by atoms with Gasteiger partial charge in [0.1, 0.15) is 0 Å². The molecular formula is C27H34N2S. The number of hydrogen-bond acceptors (Lipinski definition) is 2. The zero-order valence-electron chi connectivity index (χ0n) is 18.2. The number of aromatic amines is 1. The lowest BCUT2D eigenvalue weighted by molar-refractivity contribution is -0.00513. The Bertz CT molecular complexity index is 1040. The summed E-state index contributed by atoms with van der Waals surface area (Å²) in [4.78, 5) is 5.18. The molecule has 0 amide bonds. The molecule has 0 spiro atoms. The van der Waals surface area contributed by atoms with E-state index < -0.39 is 0 Å². The third-order valence-electron chi connectivity index (χ3n) is 8.41. The van der Waals surface area contributed by atoms with Gasteiger partial charge in [0.05, 0.1) is 10.6 Å². The summed E-state index contributed by atoms with van der Waals surface area (Å²) >= 11 is 1.87. The number of aryl methyl sites for hydroxylation is 2. The predicted octanol–water partition coefficient (Wildman–Crippen LogP) is 6.95. The molecular weight excluding hydrogens is 384 g/mol. The van der Waals surface area contributed by atoms with E-state index in [1.165, 1.54) is 77.5 Å². The van der Waals surface area contributed by atoms with Gasteiger partial charge >= 0.3 is 0 Å². The van der Waals surface area contributed by atoms with Gasteiger partial charge in [-0.25, -0.2) is 0 Å². The van der Waals surface area contributed by atoms with E-state index >= 15 is 0 Å². The van der Waals surface area contributed by atoms with Crippen molar-refractivity contribution in [2.75, 3.05) is 6.54 Å². The maximum absolute atomic E-state index is 5.82. The molecule has 4 fully saturated rings.